The summed E-state index contributed by atoms with van der Waals surface area (Å²) < 4.78 is 92.7. The zero-order valence-corrected chi connectivity index (χ0v) is 17.2. The van der Waals surface area contributed by atoms with E-state index in [1.165, 1.54) is 18.0 Å². The Morgan fingerprint density at radius 2 is 1.59 bits per heavy atom. The van der Waals surface area contributed by atoms with Gasteiger partial charge in [-0.3, -0.25) is 4.79 Å². The van der Waals surface area contributed by atoms with Gasteiger partial charge in [-0.1, -0.05) is 12.1 Å². The van der Waals surface area contributed by atoms with E-state index in [-0.39, 0.29) is 12.0 Å². The molecule has 0 radical (unpaired) electrons. The Labute approximate surface area is 180 Å². The van der Waals surface area contributed by atoms with Crippen LogP contribution in [0.15, 0.2) is 36.4 Å². The predicted octanol–water partition coefficient (Wildman–Crippen LogP) is 5.39. The zero-order chi connectivity index (χ0) is 23.8. The van der Waals surface area contributed by atoms with Crippen LogP contribution in [0.4, 0.5) is 30.7 Å². The van der Waals surface area contributed by atoms with Crippen LogP contribution in [-0.4, -0.2) is 37.0 Å². The van der Waals surface area contributed by atoms with Gasteiger partial charge in [-0.25, -0.2) is 4.39 Å². The van der Waals surface area contributed by atoms with Gasteiger partial charge in [0.05, 0.1) is 11.1 Å². The molecule has 2 atom stereocenters. The van der Waals surface area contributed by atoms with Gasteiger partial charge in [-0.05, 0) is 55.3 Å². The fourth-order valence-electron chi connectivity index (χ4n) is 3.98. The first-order chi connectivity index (χ1) is 14.8. The molecule has 0 aliphatic carbocycles. The largest absolute Gasteiger partial charge is 0.416 e. The molecule has 1 N–H and O–H groups in total. The minimum Gasteiger partial charge on any atom is -0.338 e. The molecule has 3 nitrogen and oxygen atoms in total. The quantitative estimate of drug-likeness (QED) is 0.621. The van der Waals surface area contributed by atoms with Crippen LogP contribution in [0.2, 0.25) is 0 Å². The highest BCUT2D eigenvalue weighted by molar-refractivity contribution is 5.94. The van der Waals surface area contributed by atoms with Crippen molar-refractivity contribution in [2.24, 2.45) is 0 Å². The number of hydrogen-bond donors (Lipinski definition) is 1. The Balaban J connectivity index is 1.97. The summed E-state index contributed by atoms with van der Waals surface area (Å²) in [4.78, 5) is 14.2. The fraction of sp³-hybridized carbons (Fsp3) is 0.409. The minimum absolute atomic E-state index is 0.00853. The standard InChI is InChI=1S/C22H21F7N2O/c1-12-7-13(3-4-18(12)23)17-11-30-6-5-19(17)31(2)20(32)14-8-15(21(24,25)26)10-16(9-14)22(27,28)29/h3-4,7-10,17,19,30H,5-6,11H2,1-2H3/t17-,19+/m0/s1. The lowest BCUT2D eigenvalue weighted by atomic mass is 9.85. The number of rotatable bonds is 3. The number of amides is 1. The normalized spacial score (nSPS) is 19.7. The summed E-state index contributed by atoms with van der Waals surface area (Å²) in [7, 11) is 1.36. The van der Waals surface area contributed by atoms with E-state index < -0.39 is 46.8 Å². The van der Waals surface area contributed by atoms with Crippen LogP contribution in [0.1, 0.15) is 45.0 Å². The van der Waals surface area contributed by atoms with E-state index in [0.29, 0.717) is 37.2 Å². The number of alkyl halides is 6. The minimum atomic E-state index is -5.04. The van der Waals surface area contributed by atoms with E-state index in [1.54, 1.807) is 19.1 Å². The van der Waals surface area contributed by atoms with E-state index in [0.717, 1.165) is 5.56 Å². The topological polar surface area (TPSA) is 32.3 Å². The Kier molecular flexibility index (Phi) is 6.55. The van der Waals surface area contributed by atoms with Crippen LogP contribution in [0, 0.1) is 12.7 Å². The molecule has 0 unspecified atom stereocenters. The molecule has 32 heavy (non-hydrogen) atoms. The summed E-state index contributed by atoms with van der Waals surface area (Å²) in [5, 5.41) is 3.16. The van der Waals surface area contributed by atoms with Crippen molar-refractivity contribution in [2.45, 2.75) is 37.7 Å². The molecule has 10 heteroatoms. The van der Waals surface area contributed by atoms with Gasteiger partial charge in [0.1, 0.15) is 5.82 Å². The number of carbonyl (C=O) groups is 1. The van der Waals surface area contributed by atoms with E-state index >= 15 is 0 Å². The second-order valence-electron chi connectivity index (χ2n) is 7.89. The van der Waals surface area contributed by atoms with Gasteiger partial charge in [0.15, 0.2) is 0 Å². The molecule has 1 amide bonds. The van der Waals surface area contributed by atoms with Gasteiger partial charge in [-0.15, -0.1) is 0 Å². The summed E-state index contributed by atoms with van der Waals surface area (Å²) in [6.45, 7) is 2.51. The Morgan fingerprint density at radius 1 is 1.00 bits per heavy atom. The highest BCUT2D eigenvalue weighted by Crippen LogP contribution is 2.37. The fourth-order valence-corrected chi connectivity index (χ4v) is 3.98. The second-order valence-corrected chi connectivity index (χ2v) is 7.89. The van der Waals surface area contributed by atoms with E-state index in [4.69, 9.17) is 0 Å². The van der Waals surface area contributed by atoms with Crippen molar-refractivity contribution in [3.63, 3.8) is 0 Å². The second kappa shape index (κ2) is 8.73. The van der Waals surface area contributed by atoms with Gasteiger partial charge in [0, 0.05) is 31.1 Å². The number of carbonyl (C=O) groups excluding carboxylic acids is 1. The summed E-state index contributed by atoms with van der Waals surface area (Å²) in [5.74, 6) is -1.66. The number of likely N-dealkylation sites (N-methyl/N-ethyl adjacent to an activating group) is 1. The number of hydrogen-bond acceptors (Lipinski definition) is 2. The molecule has 0 saturated carbocycles. The third-order valence-corrected chi connectivity index (χ3v) is 5.71. The molecule has 3 rings (SSSR count). The molecule has 0 spiro atoms. The maximum absolute atomic E-state index is 13.7. The number of nitrogens with zero attached hydrogens (tertiary/aromatic N) is 1. The summed E-state index contributed by atoms with van der Waals surface area (Å²) >= 11 is 0. The first-order valence-corrected chi connectivity index (χ1v) is 9.82. The molecule has 0 bridgehead atoms. The molecule has 1 fully saturated rings. The molecule has 1 aliphatic heterocycles. The lowest BCUT2D eigenvalue weighted by Gasteiger charge is -2.39. The average Bonchev–Trinajstić information content (AvgIpc) is 2.73. The number of benzene rings is 2. The number of piperidine rings is 1. The van der Waals surface area contributed by atoms with Gasteiger partial charge < -0.3 is 10.2 Å². The van der Waals surface area contributed by atoms with Crippen LogP contribution in [-0.2, 0) is 12.4 Å². The van der Waals surface area contributed by atoms with Crippen LogP contribution in [0.5, 0.6) is 0 Å². The maximum Gasteiger partial charge on any atom is 0.416 e. The van der Waals surface area contributed by atoms with Crippen LogP contribution < -0.4 is 5.32 Å². The third kappa shape index (κ3) is 5.06. The molecule has 2 aromatic rings. The number of aryl methyl sites for hydroxylation is 1. The first kappa shape index (κ1) is 24.0. The van der Waals surface area contributed by atoms with Gasteiger partial charge >= 0.3 is 12.4 Å². The van der Waals surface area contributed by atoms with Crippen molar-refractivity contribution in [2.75, 3.05) is 20.1 Å². The zero-order valence-electron chi connectivity index (χ0n) is 17.2. The molecule has 0 aromatic heterocycles. The van der Waals surface area contributed by atoms with Crippen LogP contribution in [0.25, 0.3) is 0 Å². The van der Waals surface area contributed by atoms with E-state index in [1.807, 2.05) is 0 Å². The summed E-state index contributed by atoms with van der Waals surface area (Å²) in [6.07, 6.45) is -9.66. The van der Waals surface area contributed by atoms with Crippen LogP contribution >= 0.6 is 0 Å². The van der Waals surface area contributed by atoms with Crippen molar-refractivity contribution >= 4 is 5.91 Å². The Hall–Kier alpha value is -2.62. The number of halogens is 7. The van der Waals surface area contributed by atoms with Gasteiger partial charge in [0.2, 0.25) is 0 Å². The highest BCUT2D eigenvalue weighted by atomic mass is 19.4. The molecular formula is C22H21F7N2O. The molecule has 1 heterocycles. The molecule has 2 aromatic carbocycles. The summed E-state index contributed by atoms with van der Waals surface area (Å²) in [6, 6.07) is 4.85. The van der Waals surface area contributed by atoms with E-state index in [2.05, 4.69) is 5.32 Å². The van der Waals surface area contributed by atoms with Crippen molar-refractivity contribution in [3.8, 4) is 0 Å². The van der Waals surface area contributed by atoms with Gasteiger partial charge in [0.25, 0.3) is 5.91 Å². The lowest BCUT2D eigenvalue weighted by molar-refractivity contribution is -0.143. The molecule has 1 aliphatic rings. The van der Waals surface area contributed by atoms with Crippen LogP contribution in [0.3, 0.4) is 0 Å². The first-order valence-electron chi connectivity index (χ1n) is 9.82. The Bertz CT molecular complexity index is 968. The highest BCUT2D eigenvalue weighted by Gasteiger charge is 2.39. The third-order valence-electron chi connectivity index (χ3n) is 5.71. The van der Waals surface area contributed by atoms with Crippen molar-refractivity contribution in [1.29, 1.82) is 0 Å². The van der Waals surface area contributed by atoms with Crippen molar-refractivity contribution in [3.05, 3.63) is 70.0 Å². The monoisotopic (exact) mass is 462 g/mol. The van der Waals surface area contributed by atoms with Crippen molar-refractivity contribution < 1.29 is 35.5 Å². The lowest BCUT2D eigenvalue weighted by Crippen LogP contribution is -2.49. The van der Waals surface area contributed by atoms with Crippen molar-refractivity contribution in [1.82, 2.24) is 10.2 Å². The summed E-state index contributed by atoms with van der Waals surface area (Å²) in [5.41, 5.74) is -2.66. The predicted molar refractivity (Wildman–Crippen MR) is 104 cm³/mol. The van der Waals surface area contributed by atoms with E-state index in [9.17, 15) is 35.5 Å². The average molecular weight is 462 g/mol. The molecule has 174 valence electrons. The SMILES string of the molecule is Cc1cc([C@@H]2CNCC[C@H]2N(C)C(=O)c2cc(C(F)(F)F)cc(C(F)(F)F)c2)ccc1F. The Morgan fingerprint density at radius 3 is 2.12 bits per heavy atom. The maximum atomic E-state index is 13.7. The van der Waals surface area contributed by atoms with Gasteiger partial charge in [-0.2, -0.15) is 26.3 Å². The smallest absolute Gasteiger partial charge is 0.338 e. The number of nitrogens with one attached hydrogen (secondary N) is 1. The molecular weight excluding hydrogens is 441 g/mol. The molecule has 1 saturated heterocycles.